The summed E-state index contributed by atoms with van der Waals surface area (Å²) in [5, 5.41) is 19.8. The molecule has 3 aromatic rings. The molecule has 1 aromatic carbocycles. The highest BCUT2D eigenvalue weighted by molar-refractivity contribution is 7.13. The minimum Gasteiger partial charge on any atom is -0.350 e. The Balaban J connectivity index is 1.65. The van der Waals surface area contributed by atoms with Gasteiger partial charge in [-0.05, 0) is 36.6 Å². The number of nitrogens with zero attached hydrogens (tertiary/aromatic N) is 3. The third kappa shape index (κ3) is 4.26. The van der Waals surface area contributed by atoms with Crippen LogP contribution >= 0.6 is 11.3 Å². The maximum absolute atomic E-state index is 12.2. The number of carbonyl (C=O) groups excluding carboxylic acids is 1. The van der Waals surface area contributed by atoms with Gasteiger partial charge in [0.25, 0.3) is 17.2 Å². The van der Waals surface area contributed by atoms with Gasteiger partial charge in [-0.25, -0.2) is 4.68 Å². The summed E-state index contributed by atoms with van der Waals surface area (Å²) in [5.41, 5.74) is 1.14. The SMILES string of the molecule is Cc1cc(C(=O)NCCn2nc(-c3cccs3)ccc2=O)ccc1[N+](=O)[O-]. The Morgan fingerprint density at radius 1 is 1.30 bits per heavy atom. The van der Waals surface area contributed by atoms with Gasteiger partial charge in [0, 0.05) is 29.8 Å². The van der Waals surface area contributed by atoms with Crippen molar-refractivity contribution in [1.82, 2.24) is 15.1 Å². The topological polar surface area (TPSA) is 107 Å². The summed E-state index contributed by atoms with van der Waals surface area (Å²) < 4.78 is 1.30. The number of nitro benzene ring substituents is 1. The van der Waals surface area contributed by atoms with E-state index in [9.17, 15) is 19.7 Å². The first-order valence-electron chi connectivity index (χ1n) is 8.11. The van der Waals surface area contributed by atoms with E-state index in [0.29, 0.717) is 16.8 Å². The summed E-state index contributed by atoms with van der Waals surface area (Å²) >= 11 is 1.53. The van der Waals surface area contributed by atoms with Crippen LogP contribution in [0.4, 0.5) is 5.69 Å². The second-order valence-electron chi connectivity index (χ2n) is 5.77. The number of amides is 1. The smallest absolute Gasteiger partial charge is 0.272 e. The molecule has 0 aliphatic heterocycles. The van der Waals surface area contributed by atoms with Crippen molar-refractivity contribution in [3.8, 4) is 10.6 Å². The van der Waals surface area contributed by atoms with E-state index in [0.717, 1.165) is 4.88 Å². The zero-order chi connectivity index (χ0) is 19.4. The van der Waals surface area contributed by atoms with Crippen molar-refractivity contribution in [3.05, 3.63) is 79.4 Å². The first kappa shape index (κ1) is 18.5. The van der Waals surface area contributed by atoms with Gasteiger partial charge in [-0.1, -0.05) is 6.07 Å². The molecule has 1 amide bonds. The average molecular weight is 384 g/mol. The van der Waals surface area contributed by atoms with E-state index in [1.165, 1.54) is 40.3 Å². The standard InChI is InChI=1S/C18H16N4O4S/c1-12-11-13(4-6-15(12)22(25)26)18(24)19-8-9-21-17(23)7-5-14(20-21)16-3-2-10-27-16/h2-7,10-11H,8-9H2,1H3,(H,19,24). The Morgan fingerprint density at radius 2 is 2.11 bits per heavy atom. The molecule has 1 N–H and O–H groups in total. The van der Waals surface area contributed by atoms with Crippen LogP contribution in [-0.4, -0.2) is 27.2 Å². The summed E-state index contributed by atoms with van der Waals surface area (Å²) in [7, 11) is 0. The van der Waals surface area contributed by atoms with E-state index in [4.69, 9.17) is 0 Å². The van der Waals surface area contributed by atoms with E-state index >= 15 is 0 Å². The van der Waals surface area contributed by atoms with Crippen molar-refractivity contribution in [2.75, 3.05) is 6.54 Å². The summed E-state index contributed by atoms with van der Waals surface area (Å²) in [4.78, 5) is 35.5. The largest absolute Gasteiger partial charge is 0.350 e. The lowest BCUT2D eigenvalue weighted by molar-refractivity contribution is -0.385. The van der Waals surface area contributed by atoms with Crippen LogP contribution in [0.25, 0.3) is 10.6 Å². The molecular weight excluding hydrogens is 368 g/mol. The van der Waals surface area contributed by atoms with E-state index in [2.05, 4.69) is 10.4 Å². The molecule has 27 heavy (non-hydrogen) atoms. The maximum atomic E-state index is 12.2. The first-order chi connectivity index (χ1) is 13.0. The molecular formula is C18H16N4O4S. The predicted octanol–water partition coefficient (Wildman–Crippen LogP) is 2.62. The zero-order valence-electron chi connectivity index (χ0n) is 14.4. The van der Waals surface area contributed by atoms with Crippen molar-refractivity contribution < 1.29 is 9.72 Å². The molecule has 0 aliphatic rings. The van der Waals surface area contributed by atoms with Gasteiger partial charge in [-0.2, -0.15) is 5.10 Å². The number of hydrogen-bond acceptors (Lipinski definition) is 6. The van der Waals surface area contributed by atoms with Gasteiger partial charge in [-0.3, -0.25) is 19.7 Å². The molecule has 2 aromatic heterocycles. The number of nitrogens with one attached hydrogen (secondary N) is 1. The molecule has 0 aliphatic carbocycles. The van der Waals surface area contributed by atoms with E-state index in [1.807, 2.05) is 17.5 Å². The Kier molecular flexibility index (Phi) is 5.41. The quantitative estimate of drug-likeness (QED) is 0.519. The van der Waals surface area contributed by atoms with Gasteiger partial charge in [0.2, 0.25) is 0 Å². The highest BCUT2D eigenvalue weighted by atomic mass is 32.1. The van der Waals surface area contributed by atoms with Gasteiger partial charge in [0.15, 0.2) is 0 Å². The van der Waals surface area contributed by atoms with Gasteiger partial charge in [-0.15, -0.1) is 11.3 Å². The van der Waals surface area contributed by atoms with Gasteiger partial charge < -0.3 is 5.32 Å². The van der Waals surface area contributed by atoms with Gasteiger partial charge in [0.05, 0.1) is 16.3 Å². The average Bonchev–Trinajstić information content (AvgIpc) is 3.17. The molecule has 138 valence electrons. The lowest BCUT2D eigenvalue weighted by atomic mass is 10.1. The normalized spacial score (nSPS) is 10.6. The van der Waals surface area contributed by atoms with Crippen LogP contribution in [0, 0.1) is 17.0 Å². The van der Waals surface area contributed by atoms with E-state index in [-0.39, 0.29) is 30.2 Å². The van der Waals surface area contributed by atoms with Crippen molar-refractivity contribution in [2.24, 2.45) is 0 Å². The molecule has 0 saturated heterocycles. The minimum atomic E-state index is -0.490. The molecule has 0 fully saturated rings. The number of hydrogen-bond donors (Lipinski definition) is 1. The molecule has 0 radical (unpaired) electrons. The second kappa shape index (κ2) is 7.92. The van der Waals surface area contributed by atoms with Crippen LogP contribution in [0.1, 0.15) is 15.9 Å². The fourth-order valence-corrected chi connectivity index (χ4v) is 3.23. The predicted molar refractivity (Wildman–Crippen MR) is 102 cm³/mol. The van der Waals surface area contributed by atoms with Crippen LogP contribution in [-0.2, 0) is 6.54 Å². The van der Waals surface area contributed by atoms with Crippen LogP contribution in [0.3, 0.4) is 0 Å². The van der Waals surface area contributed by atoms with Crippen molar-refractivity contribution >= 4 is 22.9 Å². The third-order valence-electron chi connectivity index (χ3n) is 3.91. The van der Waals surface area contributed by atoms with Crippen LogP contribution < -0.4 is 10.9 Å². The lowest BCUT2D eigenvalue weighted by Gasteiger charge is -2.08. The van der Waals surface area contributed by atoms with Crippen LogP contribution in [0.5, 0.6) is 0 Å². The van der Waals surface area contributed by atoms with E-state index in [1.54, 1.807) is 13.0 Å². The number of carbonyl (C=O) groups is 1. The number of benzene rings is 1. The molecule has 2 heterocycles. The Hall–Kier alpha value is -3.33. The molecule has 9 heteroatoms. The fourth-order valence-electron chi connectivity index (χ4n) is 2.54. The summed E-state index contributed by atoms with van der Waals surface area (Å²) in [5.74, 6) is -0.365. The molecule has 8 nitrogen and oxygen atoms in total. The van der Waals surface area contributed by atoms with Gasteiger partial charge >= 0.3 is 0 Å². The number of aryl methyl sites for hydroxylation is 1. The monoisotopic (exact) mass is 384 g/mol. The third-order valence-corrected chi connectivity index (χ3v) is 4.80. The lowest BCUT2D eigenvalue weighted by Crippen LogP contribution is -2.32. The Bertz CT molecular complexity index is 1040. The summed E-state index contributed by atoms with van der Waals surface area (Å²) in [6, 6.07) is 11.1. The Labute approximate surface area is 158 Å². The highest BCUT2D eigenvalue weighted by Crippen LogP contribution is 2.21. The number of rotatable bonds is 6. The minimum absolute atomic E-state index is 0.0345. The maximum Gasteiger partial charge on any atom is 0.272 e. The van der Waals surface area contributed by atoms with Crippen molar-refractivity contribution in [1.29, 1.82) is 0 Å². The molecule has 3 rings (SSSR count). The molecule has 0 atom stereocenters. The summed E-state index contributed by atoms with van der Waals surface area (Å²) in [6.45, 7) is 2.00. The number of nitro groups is 1. The molecule has 0 spiro atoms. The first-order valence-corrected chi connectivity index (χ1v) is 8.99. The number of aromatic nitrogens is 2. The molecule has 0 unspecified atom stereocenters. The highest BCUT2D eigenvalue weighted by Gasteiger charge is 2.13. The molecule has 0 saturated carbocycles. The van der Waals surface area contributed by atoms with Crippen LogP contribution in [0.2, 0.25) is 0 Å². The fraction of sp³-hybridized carbons (Fsp3) is 0.167. The Morgan fingerprint density at radius 3 is 2.78 bits per heavy atom. The van der Waals surface area contributed by atoms with E-state index < -0.39 is 4.92 Å². The van der Waals surface area contributed by atoms with Gasteiger partial charge in [0.1, 0.15) is 5.69 Å². The number of thiophene rings is 1. The van der Waals surface area contributed by atoms with Crippen molar-refractivity contribution in [3.63, 3.8) is 0 Å². The second-order valence-corrected chi connectivity index (χ2v) is 6.72. The van der Waals surface area contributed by atoms with Crippen molar-refractivity contribution in [2.45, 2.75) is 13.5 Å². The molecule has 0 bridgehead atoms. The zero-order valence-corrected chi connectivity index (χ0v) is 15.2. The summed E-state index contributed by atoms with van der Waals surface area (Å²) in [6.07, 6.45) is 0. The van der Waals surface area contributed by atoms with Crippen LogP contribution in [0.15, 0.2) is 52.6 Å².